The number of carbonyl (C=O) groups excluding carboxylic acids is 4. The van der Waals surface area contributed by atoms with Crippen molar-refractivity contribution < 1.29 is 42.0 Å². The number of thioether (sulfide) groups is 4. The molecule has 0 aliphatic rings. The van der Waals surface area contributed by atoms with Crippen LogP contribution >= 0.6 is 47.0 Å². The number of nitrogens with zero attached hydrogens (tertiary/aromatic N) is 2. The quantitative estimate of drug-likeness (QED) is 0.104. The Labute approximate surface area is 341 Å². The molecule has 0 atom stereocenters. The van der Waals surface area contributed by atoms with Crippen LogP contribution in [-0.2, 0) is 25.4 Å². The molecule has 294 valence electrons. The smallest absolute Gasteiger partial charge is 0.417 e. The van der Waals surface area contributed by atoms with Gasteiger partial charge in [0.25, 0.3) is 0 Å². The van der Waals surface area contributed by atoms with Crippen LogP contribution in [0.5, 0.6) is 5.75 Å². The molecule has 0 aromatic heterocycles. The predicted molar refractivity (Wildman–Crippen MR) is 222 cm³/mol. The van der Waals surface area contributed by atoms with Gasteiger partial charge in [0.05, 0.1) is 18.2 Å². The Bertz CT molecular complexity index is 2100. The molecular formula is C40H37F3N2O7S4. The second kappa shape index (κ2) is 26.1. The zero-order valence-corrected chi connectivity index (χ0v) is 34.7. The van der Waals surface area contributed by atoms with Gasteiger partial charge >= 0.3 is 6.18 Å². The van der Waals surface area contributed by atoms with Gasteiger partial charge in [-0.3, -0.25) is 29.3 Å². The van der Waals surface area contributed by atoms with Gasteiger partial charge in [-0.2, -0.15) is 13.2 Å². The molecule has 0 radical (unpaired) electrons. The average molecular weight is 843 g/mol. The topological polar surface area (TPSA) is 124 Å². The molecule has 0 saturated carbocycles. The van der Waals surface area contributed by atoms with E-state index in [0.717, 1.165) is 29.6 Å². The van der Waals surface area contributed by atoms with Gasteiger partial charge in [-0.1, -0.05) is 54.0 Å². The van der Waals surface area contributed by atoms with Gasteiger partial charge in [0.1, 0.15) is 5.75 Å². The SMILES string of the molecule is CC(=O)SC#C/C(CCN(C)C)=C(/C#CSC(C)=O)CC[N+](=O)[O-].COc1ccccc1/C(C#CSC(C)=O)=C(\C#CSC(C)=O)c1ccccc1C(F)(F)F. The normalized spacial score (nSPS) is 11.1. The number of methoxy groups -OCH3 is 1. The molecule has 0 N–H and O–H groups in total. The molecule has 0 amide bonds. The molecule has 0 fully saturated rings. The van der Waals surface area contributed by atoms with Crippen molar-refractivity contribution in [3.05, 3.63) is 86.5 Å². The largest absolute Gasteiger partial charge is 0.496 e. The molecule has 9 nitrogen and oxygen atoms in total. The number of para-hydroxylation sites is 1. The van der Waals surface area contributed by atoms with Crippen molar-refractivity contribution in [2.45, 2.75) is 46.7 Å². The highest BCUT2D eigenvalue weighted by atomic mass is 32.2. The Kier molecular flexibility index (Phi) is 23.0. The maximum Gasteiger partial charge on any atom is 0.417 e. The summed E-state index contributed by atoms with van der Waals surface area (Å²) in [6, 6.07) is 11.6. The van der Waals surface area contributed by atoms with Crippen molar-refractivity contribution >= 4 is 78.7 Å². The van der Waals surface area contributed by atoms with Crippen LogP contribution in [0.3, 0.4) is 0 Å². The second-order valence-electron chi connectivity index (χ2n) is 11.1. The van der Waals surface area contributed by atoms with Gasteiger partial charge in [-0.05, 0) is 59.7 Å². The lowest BCUT2D eigenvalue weighted by Crippen LogP contribution is -2.14. The molecular weight excluding hydrogens is 806 g/mol. The molecule has 56 heavy (non-hydrogen) atoms. The first kappa shape index (κ1) is 49.2. The molecule has 0 saturated heterocycles. The molecule has 0 aliphatic carbocycles. The van der Waals surface area contributed by atoms with Crippen LogP contribution in [0.4, 0.5) is 13.2 Å². The summed E-state index contributed by atoms with van der Waals surface area (Å²) >= 11 is 3.10. The molecule has 2 rings (SSSR count). The van der Waals surface area contributed by atoms with E-state index in [1.165, 1.54) is 53.0 Å². The van der Waals surface area contributed by atoms with Gasteiger partial charge in [0.15, 0.2) is 20.5 Å². The molecule has 2 aromatic carbocycles. The molecule has 0 bridgehead atoms. The zero-order chi connectivity index (χ0) is 42.3. The predicted octanol–water partition coefficient (Wildman–Crippen LogP) is 8.49. The van der Waals surface area contributed by atoms with Gasteiger partial charge in [0.2, 0.25) is 6.54 Å². The number of alkyl halides is 3. The van der Waals surface area contributed by atoms with E-state index in [9.17, 15) is 42.5 Å². The summed E-state index contributed by atoms with van der Waals surface area (Å²) in [5.41, 5.74) is 0.623. The van der Waals surface area contributed by atoms with E-state index < -0.39 is 16.7 Å². The van der Waals surface area contributed by atoms with Crippen LogP contribution in [0.25, 0.3) is 11.1 Å². The third-order valence-corrected chi connectivity index (χ3v) is 8.35. The van der Waals surface area contributed by atoms with E-state index in [-0.39, 0.29) is 50.1 Å². The van der Waals surface area contributed by atoms with Crippen molar-refractivity contribution in [2.24, 2.45) is 0 Å². The summed E-state index contributed by atoms with van der Waals surface area (Å²) in [6.45, 7) is 5.88. The van der Waals surface area contributed by atoms with Gasteiger partial charge in [-0.25, -0.2) is 0 Å². The average Bonchev–Trinajstić information content (AvgIpc) is 3.11. The summed E-state index contributed by atoms with van der Waals surface area (Å²) in [5.74, 6) is 11.6. The van der Waals surface area contributed by atoms with E-state index in [1.807, 2.05) is 19.0 Å². The highest BCUT2D eigenvalue weighted by molar-refractivity contribution is 8.18. The number of carbonyl (C=O) groups is 4. The van der Waals surface area contributed by atoms with Crippen LogP contribution in [0.1, 0.15) is 57.2 Å². The standard InChI is InChI=1S/C24H17F3O3S2.C16H20N2O4S2/c1-16(28)31-14-12-18(20-8-4-6-10-22(20)24(25,26)27)19(13-15-32-17(2)29)21-9-5-7-11-23(21)30-3;1-13(19)23-11-7-15(5-9-17(3)4)16(6-10-18(21)22)8-12-24-14(2)20/h4-11H,1-3H3;5-6,9-10H2,1-4H3/b19-18+;16-15+. The van der Waals surface area contributed by atoms with Gasteiger partial charge in [-0.15, -0.1) is 0 Å². The van der Waals surface area contributed by atoms with E-state index >= 15 is 0 Å². The number of hydrogen-bond acceptors (Lipinski definition) is 12. The van der Waals surface area contributed by atoms with Crippen molar-refractivity contribution in [1.29, 1.82) is 0 Å². The van der Waals surface area contributed by atoms with Crippen LogP contribution < -0.4 is 4.74 Å². The molecule has 0 aliphatic heterocycles. The fraction of sp³-hybridized carbons (Fsp3) is 0.300. The summed E-state index contributed by atoms with van der Waals surface area (Å²) < 4.78 is 46.7. The minimum Gasteiger partial charge on any atom is -0.496 e. The maximum atomic E-state index is 13.8. The molecule has 16 heteroatoms. The Hall–Kier alpha value is -4.81. The van der Waals surface area contributed by atoms with Crippen LogP contribution in [-0.4, -0.2) is 64.6 Å². The number of allylic oxidation sites excluding steroid dienone is 2. The van der Waals surface area contributed by atoms with E-state index in [0.29, 0.717) is 58.9 Å². The number of halogens is 3. The van der Waals surface area contributed by atoms with Crippen molar-refractivity contribution in [2.75, 3.05) is 34.3 Å². The lowest BCUT2D eigenvalue weighted by Gasteiger charge is -2.15. The third kappa shape index (κ3) is 20.2. The van der Waals surface area contributed by atoms with Crippen molar-refractivity contribution in [3.63, 3.8) is 0 Å². The third-order valence-electron chi connectivity index (χ3n) is 6.38. The van der Waals surface area contributed by atoms with Crippen LogP contribution in [0.15, 0.2) is 59.7 Å². The van der Waals surface area contributed by atoms with Crippen LogP contribution in [0, 0.1) is 54.8 Å². The zero-order valence-electron chi connectivity index (χ0n) is 31.5. The Morgan fingerprint density at radius 2 is 1.11 bits per heavy atom. The summed E-state index contributed by atoms with van der Waals surface area (Å²) in [7, 11) is 5.24. The number of rotatable bonds is 9. The monoisotopic (exact) mass is 842 g/mol. The minimum absolute atomic E-state index is 0.0344. The molecule has 2 aromatic rings. The van der Waals surface area contributed by atoms with E-state index in [2.05, 4.69) is 44.7 Å². The fourth-order valence-electron chi connectivity index (χ4n) is 4.06. The number of benzene rings is 2. The fourth-order valence-corrected chi connectivity index (χ4v) is 5.29. The first-order valence-electron chi connectivity index (χ1n) is 16.1. The number of nitro groups is 1. The first-order valence-corrected chi connectivity index (χ1v) is 19.4. The lowest BCUT2D eigenvalue weighted by molar-refractivity contribution is -0.479. The first-order chi connectivity index (χ1) is 26.4. The Balaban J connectivity index is 0.000000586. The minimum atomic E-state index is -4.65. The van der Waals surface area contributed by atoms with Gasteiger partial charge < -0.3 is 9.64 Å². The second-order valence-corrected chi connectivity index (χ2v) is 15.0. The summed E-state index contributed by atoms with van der Waals surface area (Å²) in [5, 5.41) is 20.4. The van der Waals surface area contributed by atoms with Crippen LogP contribution in [0.2, 0.25) is 0 Å². The maximum absolute atomic E-state index is 13.8. The Morgan fingerprint density at radius 3 is 1.54 bits per heavy atom. The van der Waals surface area contributed by atoms with Crippen molar-refractivity contribution in [3.8, 4) is 50.4 Å². The molecule has 0 heterocycles. The molecule has 0 spiro atoms. The van der Waals surface area contributed by atoms with E-state index in [1.54, 1.807) is 24.3 Å². The Morgan fingerprint density at radius 1 is 0.696 bits per heavy atom. The van der Waals surface area contributed by atoms with Gasteiger partial charge in [0, 0.05) is 120 Å². The molecule has 0 unspecified atom stereocenters. The number of hydrogen-bond donors (Lipinski definition) is 0. The highest BCUT2D eigenvalue weighted by Crippen LogP contribution is 2.39. The van der Waals surface area contributed by atoms with Crippen molar-refractivity contribution in [1.82, 2.24) is 4.90 Å². The summed E-state index contributed by atoms with van der Waals surface area (Å²) in [6.07, 6.45) is -3.95. The number of ether oxygens (including phenoxy) is 1. The van der Waals surface area contributed by atoms with E-state index in [4.69, 9.17) is 4.74 Å². The summed E-state index contributed by atoms with van der Waals surface area (Å²) in [4.78, 5) is 56.9. The lowest BCUT2D eigenvalue weighted by atomic mass is 9.92. The highest BCUT2D eigenvalue weighted by Gasteiger charge is 2.34.